The molecule has 0 aliphatic heterocycles. The van der Waals surface area contributed by atoms with Gasteiger partial charge in [-0.3, -0.25) is 0 Å². The lowest BCUT2D eigenvalue weighted by Gasteiger charge is -2.45. The Morgan fingerprint density at radius 2 is 1.48 bits per heavy atom. The van der Waals surface area contributed by atoms with Crippen molar-refractivity contribution in [2.75, 3.05) is 0 Å². The second kappa shape index (κ2) is 8.68. The number of halogens is 2. The standard InChI is InChI=1S/C25H34ClF/c1-2-3-17-4-5-22-15-21(11-10-20(22)14-17)18-6-8-19(9-7-18)23-12-13-24(26)25(27)16-23/h2-3,12-13,16-22H,4-11,14-15H2,1H3/b3-2+. The molecule has 4 atom stereocenters. The van der Waals surface area contributed by atoms with Gasteiger partial charge in [0.05, 0.1) is 5.02 Å². The van der Waals surface area contributed by atoms with E-state index in [1.807, 2.05) is 6.07 Å². The van der Waals surface area contributed by atoms with E-state index >= 15 is 0 Å². The maximum Gasteiger partial charge on any atom is 0.142 e. The minimum absolute atomic E-state index is 0.244. The molecule has 3 aliphatic rings. The fraction of sp³-hybridized carbons (Fsp3) is 0.680. The first-order valence-corrected chi connectivity index (χ1v) is 11.6. The third-order valence-corrected chi connectivity index (χ3v) is 8.32. The molecule has 0 bridgehead atoms. The first kappa shape index (κ1) is 19.5. The number of allylic oxidation sites excluding steroid dienone is 2. The van der Waals surface area contributed by atoms with Crippen LogP contribution in [-0.4, -0.2) is 0 Å². The molecule has 4 unspecified atom stereocenters. The van der Waals surface area contributed by atoms with Gasteiger partial charge >= 0.3 is 0 Å². The van der Waals surface area contributed by atoms with Gasteiger partial charge in [0.25, 0.3) is 0 Å². The van der Waals surface area contributed by atoms with Crippen LogP contribution in [0.2, 0.25) is 5.02 Å². The van der Waals surface area contributed by atoms with Crippen molar-refractivity contribution in [3.05, 3.63) is 46.8 Å². The quantitative estimate of drug-likeness (QED) is 0.458. The second-order valence-electron chi connectivity index (χ2n) is 9.48. The third-order valence-electron chi connectivity index (χ3n) is 8.01. The summed E-state index contributed by atoms with van der Waals surface area (Å²) in [6, 6.07) is 5.43. The number of rotatable bonds is 3. The molecule has 0 nitrogen and oxygen atoms in total. The van der Waals surface area contributed by atoms with Crippen LogP contribution in [-0.2, 0) is 0 Å². The number of fused-ring (bicyclic) bond motifs is 1. The molecule has 0 heterocycles. The normalized spacial score (nSPS) is 37.3. The van der Waals surface area contributed by atoms with Crippen molar-refractivity contribution in [1.29, 1.82) is 0 Å². The maximum atomic E-state index is 13.8. The highest BCUT2D eigenvalue weighted by Crippen LogP contribution is 2.50. The van der Waals surface area contributed by atoms with Crippen LogP contribution in [0.5, 0.6) is 0 Å². The number of hydrogen-bond acceptors (Lipinski definition) is 0. The van der Waals surface area contributed by atoms with Crippen molar-refractivity contribution < 1.29 is 4.39 Å². The molecule has 1 aromatic carbocycles. The zero-order chi connectivity index (χ0) is 18.8. The largest absolute Gasteiger partial charge is 0.205 e. The summed E-state index contributed by atoms with van der Waals surface area (Å²) in [6.45, 7) is 2.16. The van der Waals surface area contributed by atoms with Crippen molar-refractivity contribution in [1.82, 2.24) is 0 Å². The van der Waals surface area contributed by atoms with Crippen molar-refractivity contribution in [3.63, 3.8) is 0 Å². The molecule has 0 saturated heterocycles. The summed E-state index contributed by atoms with van der Waals surface area (Å²) >= 11 is 5.85. The van der Waals surface area contributed by atoms with E-state index < -0.39 is 0 Å². The summed E-state index contributed by atoms with van der Waals surface area (Å²) in [6.07, 6.45) is 18.5. The van der Waals surface area contributed by atoms with Gasteiger partial charge in [-0.2, -0.15) is 0 Å². The first-order valence-electron chi connectivity index (χ1n) is 11.2. The molecule has 3 saturated carbocycles. The van der Waals surface area contributed by atoms with Crippen LogP contribution >= 0.6 is 11.6 Å². The second-order valence-corrected chi connectivity index (χ2v) is 9.88. The van der Waals surface area contributed by atoms with Gasteiger partial charge in [0, 0.05) is 0 Å². The molecule has 0 amide bonds. The van der Waals surface area contributed by atoms with Crippen molar-refractivity contribution in [2.45, 2.75) is 77.0 Å². The fourth-order valence-electron chi connectivity index (χ4n) is 6.53. The van der Waals surface area contributed by atoms with Gasteiger partial charge in [0.1, 0.15) is 5.82 Å². The summed E-state index contributed by atoms with van der Waals surface area (Å²) in [5.41, 5.74) is 1.15. The topological polar surface area (TPSA) is 0 Å². The fourth-order valence-corrected chi connectivity index (χ4v) is 6.64. The molecule has 27 heavy (non-hydrogen) atoms. The van der Waals surface area contributed by atoms with Crippen LogP contribution in [0.15, 0.2) is 30.4 Å². The average molecular weight is 389 g/mol. The van der Waals surface area contributed by atoms with E-state index in [9.17, 15) is 4.39 Å². The Kier molecular flexibility index (Phi) is 6.27. The molecule has 2 heteroatoms. The molecule has 0 aromatic heterocycles. The van der Waals surface area contributed by atoms with Crippen LogP contribution in [0.25, 0.3) is 0 Å². The van der Waals surface area contributed by atoms with Crippen LogP contribution in [0.3, 0.4) is 0 Å². The highest BCUT2D eigenvalue weighted by molar-refractivity contribution is 6.30. The lowest BCUT2D eigenvalue weighted by molar-refractivity contribution is 0.0718. The van der Waals surface area contributed by atoms with Gasteiger partial charge in [0.2, 0.25) is 0 Å². The molecule has 0 spiro atoms. The zero-order valence-electron chi connectivity index (χ0n) is 16.7. The molecule has 1 aromatic rings. The lowest BCUT2D eigenvalue weighted by Crippen LogP contribution is -2.34. The molecule has 3 aliphatic carbocycles. The Morgan fingerprint density at radius 1 is 0.852 bits per heavy atom. The Balaban J connectivity index is 1.30. The molecule has 148 valence electrons. The summed E-state index contributed by atoms with van der Waals surface area (Å²) in [7, 11) is 0. The molecule has 0 N–H and O–H groups in total. The van der Waals surface area contributed by atoms with Gasteiger partial charge < -0.3 is 0 Å². The Hall–Kier alpha value is -0.820. The summed E-state index contributed by atoms with van der Waals surface area (Å²) < 4.78 is 13.8. The third kappa shape index (κ3) is 4.44. The van der Waals surface area contributed by atoms with E-state index in [0.29, 0.717) is 5.92 Å². The lowest BCUT2D eigenvalue weighted by atomic mass is 9.61. The highest BCUT2D eigenvalue weighted by atomic mass is 35.5. The Labute approximate surface area is 169 Å². The van der Waals surface area contributed by atoms with Crippen molar-refractivity contribution >= 4 is 11.6 Å². The number of benzene rings is 1. The van der Waals surface area contributed by atoms with E-state index in [1.54, 1.807) is 12.1 Å². The monoisotopic (exact) mass is 388 g/mol. The average Bonchev–Trinajstić information content (AvgIpc) is 2.70. The van der Waals surface area contributed by atoms with Crippen LogP contribution in [0.4, 0.5) is 4.39 Å². The van der Waals surface area contributed by atoms with Gasteiger partial charge in [-0.15, -0.1) is 0 Å². The minimum atomic E-state index is -0.261. The molecular weight excluding hydrogens is 355 g/mol. The van der Waals surface area contributed by atoms with E-state index in [4.69, 9.17) is 11.6 Å². The van der Waals surface area contributed by atoms with E-state index in [2.05, 4.69) is 19.1 Å². The van der Waals surface area contributed by atoms with Crippen molar-refractivity contribution in [3.8, 4) is 0 Å². The maximum absolute atomic E-state index is 13.8. The Morgan fingerprint density at radius 3 is 2.19 bits per heavy atom. The predicted octanol–water partition coefficient (Wildman–Crippen LogP) is 8.16. The van der Waals surface area contributed by atoms with E-state index in [1.165, 1.54) is 64.2 Å². The van der Waals surface area contributed by atoms with Crippen LogP contribution in [0, 0.1) is 35.4 Å². The smallest absolute Gasteiger partial charge is 0.142 e. The Bertz CT molecular complexity index is 658. The van der Waals surface area contributed by atoms with Crippen LogP contribution < -0.4 is 0 Å². The summed E-state index contributed by atoms with van der Waals surface area (Å²) in [5.74, 6) is 4.96. The van der Waals surface area contributed by atoms with Gasteiger partial charge in [-0.05, 0) is 124 Å². The summed E-state index contributed by atoms with van der Waals surface area (Å²) in [5, 5.41) is 0.244. The minimum Gasteiger partial charge on any atom is -0.205 e. The first-order chi connectivity index (χ1) is 13.1. The van der Waals surface area contributed by atoms with Gasteiger partial charge in [-0.25, -0.2) is 4.39 Å². The predicted molar refractivity (Wildman–Crippen MR) is 113 cm³/mol. The van der Waals surface area contributed by atoms with E-state index in [-0.39, 0.29) is 10.8 Å². The molecular formula is C25H34ClF. The zero-order valence-corrected chi connectivity index (χ0v) is 17.4. The van der Waals surface area contributed by atoms with Gasteiger partial charge in [-0.1, -0.05) is 29.8 Å². The summed E-state index contributed by atoms with van der Waals surface area (Å²) in [4.78, 5) is 0. The number of hydrogen-bond donors (Lipinski definition) is 0. The van der Waals surface area contributed by atoms with Crippen molar-refractivity contribution in [2.24, 2.45) is 29.6 Å². The SMILES string of the molecule is C/C=C/C1CCC2CC(C3CCC(c4ccc(Cl)c(F)c4)CC3)CCC2C1. The molecule has 4 rings (SSSR count). The van der Waals surface area contributed by atoms with E-state index in [0.717, 1.165) is 35.2 Å². The molecule has 0 radical (unpaired) electrons. The molecule has 3 fully saturated rings. The van der Waals surface area contributed by atoms with Crippen LogP contribution in [0.1, 0.15) is 82.6 Å². The van der Waals surface area contributed by atoms with Gasteiger partial charge in [0.15, 0.2) is 0 Å². The highest BCUT2D eigenvalue weighted by Gasteiger charge is 2.38.